The molecule has 1 amide bonds. The molecule has 0 aliphatic rings. The predicted octanol–water partition coefficient (Wildman–Crippen LogP) is 3.45. The molecular formula is C16H15Cl2FN2O4S. The van der Waals surface area contributed by atoms with E-state index < -0.39 is 27.8 Å². The fourth-order valence-electron chi connectivity index (χ4n) is 1.99. The maximum Gasteiger partial charge on any atom is 0.242 e. The summed E-state index contributed by atoms with van der Waals surface area (Å²) >= 11 is 11.6. The minimum Gasteiger partial charge on any atom is -0.495 e. The number of carbonyl (C=O) groups excluding carboxylic acids is 1. The lowest BCUT2D eigenvalue weighted by molar-refractivity contribution is -0.117. The topological polar surface area (TPSA) is 84.5 Å². The van der Waals surface area contributed by atoms with Crippen LogP contribution >= 0.6 is 23.2 Å². The molecule has 0 heterocycles. The van der Waals surface area contributed by atoms with E-state index in [-0.39, 0.29) is 20.6 Å². The summed E-state index contributed by atoms with van der Waals surface area (Å²) in [5.41, 5.74) is 0.236. The molecule has 0 saturated carbocycles. The number of ether oxygens (including phenoxy) is 1. The van der Waals surface area contributed by atoms with Crippen molar-refractivity contribution in [3.05, 3.63) is 52.3 Å². The van der Waals surface area contributed by atoms with Crippen LogP contribution in [0, 0.1) is 5.82 Å². The van der Waals surface area contributed by atoms with Crippen LogP contribution < -0.4 is 14.8 Å². The zero-order valence-corrected chi connectivity index (χ0v) is 16.0. The van der Waals surface area contributed by atoms with Crippen molar-refractivity contribution in [2.24, 2.45) is 0 Å². The van der Waals surface area contributed by atoms with Crippen LogP contribution in [0.25, 0.3) is 0 Å². The second kappa shape index (κ2) is 8.22. The van der Waals surface area contributed by atoms with Gasteiger partial charge in [-0.05, 0) is 43.3 Å². The first kappa shape index (κ1) is 20.4. The fourth-order valence-corrected chi connectivity index (χ4v) is 3.72. The van der Waals surface area contributed by atoms with Crippen LogP contribution in [0.3, 0.4) is 0 Å². The van der Waals surface area contributed by atoms with Gasteiger partial charge in [-0.1, -0.05) is 23.2 Å². The van der Waals surface area contributed by atoms with Crippen molar-refractivity contribution < 1.29 is 22.3 Å². The minimum absolute atomic E-state index is 0.118. The molecule has 0 aliphatic heterocycles. The van der Waals surface area contributed by atoms with E-state index >= 15 is 0 Å². The molecule has 26 heavy (non-hydrogen) atoms. The van der Waals surface area contributed by atoms with Crippen LogP contribution in [0.15, 0.2) is 41.3 Å². The Bertz CT molecular complexity index is 938. The van der Waals surface area contributed by atoms with Gasteiger partial charge in [0.2, 0.25) is 15.9 Å². The molecule has 0 aliphatic carbocycles. The zero-order chi connectivity index (χ0) is 19.5. The van der Waals surface area contributed by atoms with Gasteiger partial charge in [0.1, 0.15) is 11.6 Å². The first-order chi connectivity index (χ1) is 12.1. The highest BCUT2D eigenvalue weighted by molar-refractivity contribution is 7.89. The number of nitrogens with one attached hydrogen (secondary N) is 2. The van der Waals surface area contributed by atoms with E-state index in [1.807, 2.05) is 0 Å². The molecule has 6 nitrogen and oxygen atoms in total. The van der Waals surface area contributed by atoms with Crippen molar-refractivity contribution in [1.82, 2.24) is 4.72 Å². The number of benzene rings is 2. The van der Waals surface area contributed by atoms with Gasteiger partial charge in [0.15, 0.2) is 0 Å². The summed E-state index contributed by atoms with van der Waals surface area (Å²) in [5.74, 6) is -0.949. The van der Waals surface area contributed by atoms with Gasteiger partial charge < -0.3 is 10.1 Å². The number of carbonyl (C=O) groups is 1. The average Bonchev–Trinajstić information content (AvgIpc) is 2.57. The van der Waals surface area contributed by atoms with Gasteiger partial charge in [-0.3, -0.25) is 4.79 Å². The summed E-state index contributed by atoms with van der Waals surface area (Å²) in [6.45, 7) is 1.36. The second-order valence-electron chi connectivity index (χ2n) is 5.26. The number of sulfonamides is 1. The quantitative estimate of drug-likeness (QED) is 0.749. The predicted molar refractivity (Wildman–Crippen MR) is 97.8 cm³/mol. The molecule has 0 aromatic heterocycles. The lowest BCUT2D eigenvalue weighted by Gasteiger charge is -2.15. The Kier molecular flexibility index (Phi) is 6.46. The van der Waals surface area contributed by atoms with Crippen molar-refractivity contribution in [3.8, 4) is 5.75 Å². The Morgan fingerprint density at radius 1 is 1.15 bits per heavy atom. The van der Waals surface area contributed by atoms with Gasteiger partial charge in [-0.15, -0.1) is 0 Å². The van der Waals surface area contributed by atoms with Crippen molar-refractivity contribution in [2.45, 2.75) is 17.9 Å². The summed E-state index contributed by atoms with van der Waals surface area (Å²) in [4.78, 5) is 12.0. The standard InChI is InChI=1S/C16H15Cl2FN2O4S/c1-9(16(22)20-10-3-5-14(19)12(17)7-10)21-26(23,24)11-4-6-15(25-2)13(18)8-11/h3-9,21H,1-2H3,(H,20,22)/t9-/m1/s1. The summed E-state index contributed by atoms with van der Waals surface area (Å²) in [6.07, 6.45) is 0. The van der Waals surface area contributed by atoms with Crippen LogP contribution in [0.4, 0.5) is 10.1 Å². The Morgan fingerprint density at radius 2 is 1.85 bits per heavy atom. The molecule has 0 bridgehead atoms. The summed E-state index contributed by atoms with van der Waals surface area (Å²) < 4.78 is 45.1. The smallest absolute Gasteiger partial charge is 0.242 e. The normalized spacial score (nSPS) is 12.5. The number of amides is 1. The fraction of sp³-hybridized carbons (Fsp3) is 0.188. The molecule has 2 rings (SSSR count). The largest absolute Gasteiger partial charge is 0.495 e. The third kappa shape index (κ3) is 4.85. The molecule has 10 heteroatoms. The van der Waals surface area contributed by atoms with Gasteiger partial charge in [-0.25, -0.2) is 12.8 Å². The van der Waals surface area contributed by atoms with Crippen molar-refractivity contribution in [3.63, 3.8) is 0 Å². The lowest BCUT2D eigenvalue weighted by atomic mass is 10.3. The van der Waals surface area contributed by atoms with E-state index in [2.05, 4.69) is 10.0 Å². The molecule has 0 fully saturated rings. The molecular weight excluding hydrogens is 406 g/mol. The number of hydrogen-bond acceptors (Lipinski definition) is 4. The third-order valence-electron chi connectivity index (χ3n) is 3.35. The van der Waals surface area contributed by atoms with E-state index in [1.54, 1.807) is 0 Å². The van der Waals surface area contributed by atoms with Crippen LogP contribution in [-0.2, 0) is 14.8 Å². The Hall–Kier alpha value is -1.87. The summed E-state index contributed by atoms with van der Waals surface area (Å²) in [7, 11) is -2.59. The molecule has 0 saturated heterocycles. The van der Waals surface area contributed by atoms with Gasteiger partial charge >= 0.3 is 0 Å². The molecule has 2 aromatic carbocycles. The van der Waals surface area contributed by atoms with Crippen LogP contribution in [0.5, 0.6) is 5.75 Å². The summed E-state index contributed by atoms with van der Waals surface area (Å²) in [6, 6.07) is 6.44. The molecule has 140 valence electrons. The molecule has 2 N–H and O–H groups in total. The van der Waals surface area contributed by atoms with Gasteiger partial charge in [0, 0.05) is 5.69 Å². The summed E-state index contributed by atoms with van der Waals surface area (Å²) in [5, 5.41) is 2.41. The number of hydrogen-bond donors (Lipinski definition) is 2. The highest BCUT2D eigenvalue weighted by Gasteiger charge is 2.23. The van der Waals surface area contributed by atoms with Crippen molar-refractivity contribution in [1.29, 1.82) is 0 Å². The second-order valence-corrected chi connectivity index (χ2v) is 7.79. The van der Waals surface area contributed by atoms with Gasteiger partial charge in [0.05, 0.1) is 28.1 Å². The van der Waals surface area contributed by atoms with Gasteiger partial charge in [-0.2, -0.15) is 4.72 Å². The van der Waals surface area contributed by atoms with Crippen LogP contribution in [0.1, 0.15) is 6.92 Å². The Balaban J connectivity index is 2.11. The highest BCUT2D eigenvalue weighted by atomic mass is 35.5. The van der Waals surface area contributed by atoms with Crippen molar-refractivity contribution in [2.75, 3.05) is 12.4 Å². The first-order valence-electron chi connectivity index (χ1n) is 7.26. The third-order valence-corrected chi connectivity index (χ3v) is 5.47. The molecule has 1 atom stereocenters. The van der Waals surface area contributed by atoms with Crippen LogP contribution in [-0.4, -0.2) is 27.5 Å². The maximum absolute atomic E-state index is 13.1. The van der Waals surface area contributed by atoms with E-state index in [1.165, 1.54) is 44.4 Å². The van der Waals surface area contributed by atoms with Gasteiger partial charge in [0.25, 0.3) is 0 Å². The molecule has 0 unspecified atom stereocenters. The number of anilines is 1. The van der Waals surface area contributed by atoms with E-state index in [4.69, 9.17) is 27.9 Å². The number of halogens is 3. The Labute approximate surface area is 160 Å². The molecule has 0 spiro atoms. The maximum atomic E-state index is 13.1. The number of rotatable bonds is 6. The van der Waals surface area contributed by atoms with Crippen molar-refractivity contribution >= 4 is 44.8 Å². The number of methoxy groups -OCH3 is 1. The minimum atomic E-state index is -4.00. The van der Waals surface area contributed by atoms with Crippen LogP contribution in [0.2, 0.25) is 10.0 Å². The van der Waals surface area contributed by atoms with E-state index in [9.17, 15) is 17.6 Å². The van der Waals surface area contributed by atoms with E-state index in [0.717, 1.165) is 6.07 Å². The average molecular weight is 421 g/mol. The Morgan fingerprint density at radius 3 is 2.42 bits per heavy atom. The molecule has 2 aromatic rings. The monoisotopic (exact) mass is 420 g/mol. The lowest BCUT2D eigenvalue weighted by Crippen LogP contribution is -2.41. The SMILES string of the molecule is COc1ccc(S(=O)(=O)N[C@H](C)C(=O)Nc2ccc(F)c(Cl)c2)cc1Cl. The van der Waals surface area contributed by atoms with E-state index in [0.29, 0.717) is 5.75 Å². The molecule has 0 radical (unpaired) electrons. The first-order valence-corrected chi connectivity index (χ1v) is 9.49. The highest BCUT2D eigenvalue weighted by Crippen LogP contribution is 2.27. The zero-order valence-electron chi connectivity index (χ0n) is 13.7.